The first-order valence-electron chi connectivity index (χ1n) is 8.84. The van der Waals surface area contributed by atoms with Crippen molar-refractivity contribution in [3.8, 4) is 0 Å². The SMILES string of the molecule is Cc1ccc(C(=O)N2C[C@H]3CC[C@@H](C2)N(CC(=O)N(C)C)C3=O)cc1F. The van der Waals surface area contributed by atoms with E-state index in [1.807, 2.05) is 0 Å². The number of nitrogens with zero attached hydrogens (tertiary/aromatic N) is 3. The Hall–Kier alpha value is -2.44. The molecule has 0 aromatic heterocycles. The van der Waals surface area contributed by atoms with Crippen LogP contribution < -0.4 is 0 Å². The first-order chi connectivity index (χ1) is 12.3. The van der Waals surface area contributed by atoms with Gasteiger partial charge >= 0.3 is 0 Å². The quantitative estimate of drug-likeness (QED) is 0.815. The van der Waals surface area contributed by atoms with Crippen molar-refractivity contribution >= 4 is 17.7 Å². The molecule has 26 heavy (non-hydrogen) atoms. The van der Waals surface area contributed by atoms with Crippen molar-refractivity contribution in [3.05, 3.63) is 35.1 Å². The molecule has 6 nitrogen and oxygen atoms in total. The smallest absolute Gasteiger partial charge is 0.254 e. The van der Waals surface area contributed by atoms with Gasteiger partial charge in [0.15, 0.2) is 0 Å². The first kappa shape index (κ1) is 18.4. The zero-order chi connectivity index (χ0) is 19.0. The van der Waals surface area contributed by atoms with Crippen LogP contribution in [-0.4, -0.2) is 72.2 Å². The minimum Gasteiger partial charge on any atom is -0.347 e. The Labute approximate surface area is 152 Å². The lowest BCUT2D eigenvalue weighted by Crippen LogP contribution is -2.51. The number of fused-ring (bicyclic) bond motifs is 4. The van der Waals surface area contributed by atoms with Crippen LogP contribution in [0.25, 0.3) is 0 Å². The third-order valence-electron chi connectivity index (χ3n) is 5.30. The van der Waals surface area contributed by atoms with Gasteiger partial charge in [-0.2, -0.15) is 0 Å². The second kappa shape index (κ2) is 7.05. The van der Waals surface area contributed by atoms with E-state index >= 15 is 0 Å². The molecule has 0 saturated carbocycles. The van der Waals surface area contributed by atoms with Crippen molar-refractivity contribution in [2.75, 3.05) is 33.7 Å². The highest BCUT2D eigenvalue weighted by molar-refractivity contribution is 5.95. The zero-order valence-electron chi connectivity index (χ0n) is 15.4. The van der Waals surface area contributed by atoms with Gasteiger partial charge in [-0.15, -0.1) is 0 Å². The molecule has 1 aromatic rings. The molecule has 3 heterocycles. The molecule has 3 aliphatic rings. The summed E-state index contributed by atoms with van der Waals surface area (Å²) in [6.45, 7) is 2.37. The van der Waals surface area contributed by atoms with Crippen molar-refractivity contribution in [3.63, 3.8) is 0 Å². The third kappa shape index (κ3) is 3.43. The summed E-state index contributed by atoms with van der Waals surface area (Å²) in [5.41, 5.74) is 0.777. The maximum absolute atomic E-state index is 13.8. The van der Waals surface area contributed by atoms with Crippen molar-refractivity contribution in [2.24, 2.45) is 5.92 Å². The van der Waals surface area contributed by atoms with E-state index in [1.165, 1.54) is 11.0 Å². The lowest BCUT2D eigenvalue weighted by Gasteiger charge is -2.35. The van der Waals surface area contributed by atoms with Crippen LogP contribution in [0.15, 0.2) is 18.2 Å². The summed E-state index contributed by atoms with van der Waals surface area (Å²) in [6.07, 6.45) is 1.48. The van der Waals surface area contributed by atoms with Crippen LogP contribution in [0.1, 0.15) is 28.8 Å². The summed E-state index contributed by atoms with van der Waals surface area (Å²) in [4.78, 5) is 42.3. The first-order valence-corrected chi connectivity index (χ1v) is 8.84. The Morgan fingerprint density at radius 2 is 1.96 bits per heavy atom. The number of hydrogen-bond donors (Lipinski definition) is 0. The summed E-state index contributed by atoms with van der Waals surface area (Å²) in [7, 11) is 3.31. The van der Waals surface area contributed by atoms with Gasteiger partial charge < -0.3 is 14.7 Å². The number of rotatable bonds is 3. The predicted octanol–water partition coefficient (Wildman–Crippen LogP) is 1.29. The van der Waals surface area contributed by atoms with Gasteiger partial charge in [0.05, 0.1) is 5.92 Å². The molecule has 4 rings (SSSR count). The largest absolute Gasteiger partial charge is 0.347 e. The Morgan fingerprint density at radius 1 is 1.23 bits per heavy atom. The number of carbonyl (C=O) groups excluding carboxylic acids is 3. The second-order valence-corrected chi connectivity index (χ2v) is 7.36. The summed E-state index contributed by atoms with van der Waals surface area (Å²) in [6, 6.07) is 4.27. The number of amides is 3. The summed E-state index contributed by atoms with van der Waals surface area (Å²) < 4.78 is 13.8. The van der Waals surface area contributed by atoms with Gasteiger partial charge in [-0.3, -0.25) is 14.4 Å². The van der Waals surface area contributed by atoms with Crippen LogP contribution in [0.2, 0.25) is 0 Å². The summed E-state index contributed by atoms with van der Waals surface area (Å²) in [5.74, 6) is -1.19. The lowest BCUT2D eigenvalue weighted by atomic mass is 9.94. The molecule has 0 spiro atoms. The average molecular weight is 361 g/mol. The third-order valence-corrected chi connectivity index (χ3v) is 5.30. The van der Waals surface area contributed by atoms with Crippen LogP contribution in [0.4, 0.5) is 4.39 Å². The van der Waals surface area contributed by atoms with Crippen LogP contribution in [0.3, 0.4) is 0 Å². The van der Waals surface area contributed by atoms with E-state index in [1.54, 1.807) is 43.0 Å². The zero-order valence-corrected chi connectivity index (χ0v) is 15.4. The number of piperidine rings is 1. The molecule has 7 heteroatoms. The van der Waals surface area contributed by atoms with Gasteiger partial charge in [-0.1, -0.05) is 6.07 Å². The van der Waals surface area contributed by atoms with Crippen molar-refractivity contribution in [1.29, 1.82) is 0 Å². The Morgan fingerprint density at radius 3 is 2.62 bits per heavy atom. The van der Waals surface area contributed by atoms with E-state index in [4.69, 9.17) is 0 Å². The molecular formula is C19H24FN3O3. The molecule has 0 N–H and O–H groups in total. The standard InChI is InChI=1S/C19H24FN3O3/c1-12-4-5-13(8-16(12)20)18(25)22-9-14-6-7-15(10-22)23(19(14)26)11-17(24)21(2)3/h4-5,8,14-15H,6-7,9-11H2,1-3H3/t14-,15+/m1/s1. The maximum atomic E-state index is 13.8. The lowest BCUT2D eigenvalue weighted by molar-refractivity contribution is -0.145. The number of benzene rings is 1. The van der Waals surface area contributed by atoms with Gasteiger partial charge in [0.2, 0.25) is 11.8 Å². The predicted molar refractivity (Wildman–Crippen MR) is 94.0 cm³/mol. The van der Waals surface area contributed by atoms with E-state index in [2.05, 4.69) is 0 Å². The number of hydrogen-bond acceptors (Lipinski definition) is 3. The van der Waals surface area contributed by atoms with E-state index in [-0.39, 0.29) is 41.8 Å². The average Bonchev–Trinajstić information content (AvgIpc) is 2.89. The van der Waals surface area contributed by atoms with Gasteiger partial charge in [0.25, 0.3) is 5.91 Å². The fourth-order valence-electron chi connectivity index (χ4n) is 3.61. The molecule has 1 aromatic carbocycles. The highest BCUT2D eigenvalue weighted by Gasteiger charge is 2.42. The minimum atomic E-state index is -0.414. The van der Waals surface area contributed by atoms with Crippen molar-refractivity contribution < 1.29 is 18.8 Å². The fraction of sp³-hybridized carbons (Fsp3) is 0.526. The summed E-state index contributed by atoms with van der Waals surface area (Å²) >= 11 is 0. The fourth-order valence-corrected chi connectivity index (χ4v) is 3.61. The monoisotopic (exact) mass is 361 g/mol. The highest BCUT2D eigenvalue weighted by atomic mass is 19.1. The van der Waals surface area contributed by atoms with Crippen LogP contribution in [0, 0.1) is 18.7 Å². The molecule has 0 radical (unpaired) electrons. The normalized spacial score (nSPS) is 22.4. The minimum absolute atomic E-state index is 0.0359. The van der Waals surface area contributed by atoms with Crippen LogP contribution in [0.5, 0.6) is 0 Å². The van der Waals surface area contributed by atoms with Gasteiger partial charge in [0.1, 0.15) is 12.4 Å². The molecule has 0 unspecified atom stereocenters. The molecule has 0 aliphatic carbocycles. The molecule has 2 atom stereocenters. The molecular weight excluding hydrogens is 337 g/mol. The molecule has 140 valence electrons. The van der Waals surface area contributed by atoms with E-state index in [0.29, 0.717) is 25.1 Å². The number of halogens is 1. The Balaban J connectivity index is 1.80. The topological polar surface area (TPSA) is 60.9 Å². The number of carbonyl (C=O) groups is 3. The molecule has 3 amide bonds. The van der Waals surface area contributed by atoms with Gasteiger partial charge in [-0.25, -0.2) is 4.39 Å². The van der Waals surface area contributed by atoms with E-state index < -0.39 is 5.82 Å². The molecule has 3 fully saturated rings. The van der Waals surface area contributed by atoms with E-state index in [0.717, 1.165) is 6.42 Å². The van der Waals surface area contributed by atoms with E-state index in [9.17, 15) is 18.8 Å². The number of aryl methyl sites for hydroxylation is 1. The Kier molecular flexibility index (Phi) is 4.98. The van der Waals surface area contributed by atoms with Crippen molar-refractivity contribution in [1.82, 2.24) is 14.7 Å². The van der Waals surface area contributed by atoms with Crippen molar-refractivity contribution in [2.45, 2.75) is 25.8 Å². The molecule has 3 saturated heterocycles. The summed E-state index contributed by atoms with van der Waals surface area (Å²) in [5, 5.41) is 0. The van der Waals surface area contributed by atoms with Crippen LogP contribution >= 0.6 is 0 Å². The highest BCUT2D eigenvalue weighted by Crippen LogP contribution is 2.30. The van der Waals surface area contributed by atoms with Gasteiger partial charge in [0, 0.05) is 38.8 Å². The molecule has 3 aliphatic heterocycles. The van der Waals surface area contributed by atoms with Crippen LogP contribution in [-0.2, 0) is 9.59 Å². The Bertz CT molecular complexity index is 750. The second-order valence-electron chi connectivity index (χ2n) is 7.36. The maximum Gasteiger partial charge on any atom is 0.254 e. The molecule has 2 bridgehead atoms. The number of likely N-dealkylation sites (N-methyl/N-ethyl adjacent to an activating group) is 1. The van der Waals surface area contributed by atoms with Gasteiger partial charge in [-0.05, 0) is 37.5 Å².